The van der Waals surface area contributed by atoms with Gasteiger partial charge in [-0.15, -0.1) is 0 Å². The fourth-order valence-electron chi connectivity index (χ4n) is 2.27. The lowest BCUT2D eigenvalue weighted by Crippen LogP contribution is -2.39. The van der Waals surface area contributed by atoms with Crippen molar-refractivity contribution >= 4 is 11.6 Å². The second kappa shape index (κ2) is 5.44. The SMILES string of the molecule is CC1CC(C(=O)Nc2cccc(-n3ccnc3)c2)NN1. The quantitative estimate of drug-likeness (QED) is 0.781. The maximum atomic E-state index is 12.1. The van der Waals surface area contributed by atoms with Crippen LogP contribution in [0.3, 0.4) is 0 Å². The van der Waals surface area contributed by atoms with Gasteiger partial charge < -0.3 is 9.88 Å². The van der Waals surface area contributed by atoms with Gasteiger partial charge in [-0.05, 0) is 31.5 Å². The summed E-state index contributed by atoms with van der Waals surface area (Å²) in [7, 11) is 0. The number of aromatic nitrogens is 2. The van der Waals surface area contributed by atoms with Crippen molar-refractivity contribution in [2.24, 2.45) is 0 Å². The summed E-state index contributed by atoms with van der Waals surface area (Å²) in [5.74, 6) is -0.0235. The zero-order valence-corrected chi connectivity index (χ0v) is 11.2. The molecule has 1 aromatic heterocycles. The summed E-state index contributed by atoms with van der Waals surface area (Å²) in [4.78, 5) is 16.1. The predicted octanol–water partition coefficient (Wildman–Crippen LogP) is 1.07. The zero-order chi connectivity index (χ0) is 13.9. The van der Waals surface area contributed by atoms with Crippen LogP contribution < -0.4 is 16.2 Å². The van der Waals surface area contributed by atoms with E-state index in [1.807, 2.05) is 42.0 Å². The molecule has 0 bridgehead atoms. The third-order valence-corrected chi connectivity index (χ3v) is 3.33. The van der Waals surface area contributed by atoms with E-state index in [4.69, 9.17) is 0 Å². The molecule has 1 amide bonds. The third-order valence-electron chi connectivity index (χ3n) is 3.33. The lowest BCUT2D eigenvalue weighted by molar-refractivity contribution is -0.117. The van der Waals surface area contributed by atoms with E-state index in [2.05, 4.69) is 21.2 Å². The number of benzene rings is 1. The number of nitrogens with zero attached hydrogens (tertiary/aromatic N) is 2. The Bertz CT molecular complexity index is 595. The second-order valence-corrected chi connectivity index (χ2v) is 4.99. The number of anilines is 1. The molecule has 1 aromatic carbocycles. The number of hydrogen-bond donors (Lipinski definition) is 3. The first-order valence-electron chi connectivity index (χ1n) is 6.63. The molecule has 20 heavy (non-hydrogen) atoms. The number of nitrogens with one attached hydrogen (secondary N) is 3. The fourth-order valence-corrected chi connectivity index (χ4v) is 2.27. The van der Waals surface area contributed by atoms with Gasteiger partial charge in [-0.1, -0.05) is 6.07 Å². The van der Waals surface area contributed by atoms with E-state index in [0.29, 0.717) is 6.04 Å². The Morgan fingerprint density at radius 3 is 3.05 bits per heavy atom. The first-order chi connectivity index (χ1) is 9.72. The predicted molar refractivity (Wildman–Crippen MR) is 76.3 cm³/mol. The van der Waals surface area contributed by atoms with E-state index in [1.54, 1.807) is 12.5 Å². The van der Waals surface area contributed by atoms with Crippen LogP contribution in [-0.2, 0) is 4.79 Å². The van der Waals surface area contributed by atoms with Gasteiger partial charge in [0.05, 0.1) is 6.33 Å². The van der Waals surface area contributed by atoms with Gasteiger partial charge in [0.25, 0.3) is 0 Å². The zero-order valence-electron chi connectivity index (χ0n) is 11.2. The Balaban J connectivity index is 1.71. The van der Waals surface area contributed by atoms with Crippen LogP contribution in [0.5, 0.6) is 0 Å². The Morgan fingerprint density at radius 1 is 1.45 bits per heavy atom. The van der Waals surface area contributed by atoms with E-state index in [-0.39, 0.29) is 11.9 Å². The monoisotopic (exact) mass is 271 g/mol. The molecule has 1 aliphatic rings. The van der Waals surface area contributed by atoms with Crippen molar-refractivity contribution < 1.29 is 4.79 Å². The van der Waals surface area contributed by atoms with Crippen molar-refractivity contribution in [3.63, 3.8) is 0 Å². The topological polar surface area (TPSA) is 71.0 Å². The largest absolute Gasteiger partial charge is 0.325 e. The van der Waals surface area contributed by atoms with E-state index >= 15 is 0 Å². The van der Waals surface area contributed by atoms with Gasteiger partial charge >= 0.3 is 0 Å². The molecule has 0 spiro atoms. The molecule has 0 saturated carbocycles. The molecule has 1 saturated heterocycles. The summed E-state index contributed by atoms with van der Waals surface area (Å²) < 4.78 is 1.90. The van der Waals surface area contributed by atoms with Crippen molar-refractivity contribution in [1.29, 1.82) is 0 Å². The van der Waals surface area contributed by atoms with Gasteiger partial charge in [0, 0.05) is 29.8 Å². The Kier molecular flexibility index (Phi) is 3.49. The van der Waals surface area contributed by atoms with Gasteiger partial charge in [0.15, 0.2) is 0 Å². The van der Waals surface area contributed by atoms with Gasteiger partial charge in [-0.2, -0.15) is 0 Å². The normalized spacial score (nSPS) is 21.9. The standard InChI is InChI=1S/C14H17N5O/c1-10-7-13(18-17-10)14(20)16-11-3-2-4-12(8-11)19-6-5-15-9-19/h2-6,8-10,13,17-18H,7H2,1H3,(H,16,20). The minimum absolute atomic E-state index is 0.0235. The van der Waals surface area contributed by atoms with Crippen molar-refractivity contribution in [3.05, 3.63) is 43.0 Å². The maximum Gasteiger partial charge on any atom is 0.242 e. The molecule has 0 aliphatic carbocycles. The number of carbonyl (C=O) groups excluding carboxylic acids is 1. The van der Waals surface area contributed by atoms with Crippen LogP contribution in [0.1, 0.15) is 13.3 Å². The maximum absolute atomic E-state index is 12.1. The lowest BCUT2D eigenvalue weighted by atomic mass is 10.1. The summed E-state index contributed by atoms with van der Waals surface area (Å²) >= 11 is 0. The van der Waals surface area contributed by atoms with Crippen LogP contribution in [0.25, 0.3) is 5.69 Å². The number of imidazole rings is 1. The number of carbonyl (C=O) groups is 1. The van der Waals surface area contributed by atoms with E-state index in [1.165, 1.54) is 0 Å². The molecule has 3 rings (SSSR count). The molecule has 6 nitrogen and oxygen atoms in total. The van der Waals surface area contributed by atoms with Crippen molar-refractivity contribution in [2.75, 3.05) is 5.32 Å². The highest BCUT2D eigenvalue weighted by molar-refractivity contribution is 5.95. The van der Waals surface area contributed by atoms with E-state index < -0.39 is 0 Å². The van der Waals surface area contributed by atoms with Crippen LogP contribution in [-0.4, -0.2) is 27.5 Å². The molecule has 104 valence electrons. The summed E-state index contributed by atoms with van der Waals surface area (Å²) in [5, 5.41) is 2.93. The molecule has 2 atom stereocenters. The Hall–Kier alpha value is -2.18. The highest BCUT2D eigenvalue weighted by Crippen LogP contribution is 2.15. The van der Waals surface area contributed by atoms with Crippen molar-refractivity contribution in [2.45, 2.75) is 25.4 Å². The van der Waals surface area contributed by atoms with Gasteiger partial charge in [0.1, 0.15) is 6.04 Å². The number of rotatable bonds is 3. The van der Waals surface area contributed by atoms with Crippen molar-refractivity contribution in [1.82, 2.24) is 20.4 Å². The average molecular weight is 271 g/mol. The third kappa shape index (κ3) is 2.71. The minimum atomic E-state index is -0.193. The Labute approximate surface area is 117 Å². The molecule has 0 radical (unpaired) electrons. The number of hydrazine groups is 1. The molecule has 6 heteroatoms. The molecular weight excluding hydrogens is 254 g/mol. The summed E-state index contributed by atoms with van der Waals surface area (Å²) in [5.41, 5.74) is 7.78. The van der Waals surface area contributed by atoms with Crippen LogP contribution in [0.15, 0.2) is 43.0 Å². The Morgan fingerprint density at radius 2 is 2.35 bits per heavy atom. The van der Waals surface area contributed by atoms with Crippen LogP contribution in [0, 0.1) is 0 Å². The summed E-state index contributed by atoms with van der Waals surface area (Å²) in [6.07, 6.45) is 6.10. The highest BCUT2D eigenvalue weighted by Gasteiger charge is 2.26. The van der Waals surface area contributed by atoms with Crippen molar-refractivity contribution in [3.8, 4) is 5.69 Å². The smallest absolute Gasteiger partial charge is 0.242 e. The summed E-state index contributed by atoms with van der Waals surface area (Å²) in [6, 6.07) is 7.79. The molecule has 2 heterocycles. The molecule has 2 aromatic rings. The molecular formula is C14H17N5O. The molecule has 1 fully saturated rings. The molecule has 2 unspecified atom stereocenters. The highest BCUT2D eigenvalue weighted by atomic mass is 16.2. The van der Waals surface area contributed by atoms with Gasteiger partial charge in [-0.3, -0.25) is 10.2 Å². The minimum Gasteiger partial charge on any atom is -0.325 e. The average Bonchev–Trinajstić information content (AvgIpc) is 3.10. The molecule has 1 aliphatic heterocycles. The number of hydrogen-bond acceptors (Lipinski definition) is 4. The van der Waals surface area contributed by atoms with E-state index in [0.717, 1.165) is 17.8 Å². The number of amides is 1. The first kappa shape index (κ1) is 12.8. The lowest BCUT2D eigenvalue weighted by Gasteiger charge is -2.11. The van der Waals surface area contributed by atoms with Gasteiger partial charge in [0.2, 0.25) is 5.91 Å². The first-order valence-corrected chi connectivity index (χ1v) is 6.63. The van der Waals surface area contributed by atoms with Gasteiger partial charge in [-0.25, -0.2) is 10.4 Å². The summed E-state index contributed by atoms with van der Waals surface area (Å²) in [6.45, 7) is 2.04. The fraction of sp³-hybridized carbons (Fsp3) is 0.286. The van der Waals surface area contributed by atoms with E-state index in [9.17, 15) is 4.79 Å². The van der Waals surface area contributed by atoms with Crippen LogP contribution in [0.2, 0.25) is 0 Å². The van der Waals surface area contributed by atoms with Crippen LogP contribution >= 0.6 is 0 Å². The molecule has 3 N–H and O–H groups in total. The van der Waals surface area contributed by atoms with Crippen LogP contribution in [0.4, 0.5) is 5.69 Å². The second-order valence-electron chi connectivity index (χ2n) is 4.99.